The van der Waals surface area contributed by atoms with Gasteiger partial charge in [-0.15, -0.1) is 0 Å². The maximum absolute atomic E-state index is 11.6. The lowest BCUT2D eigenvalue weighted by Gasteiger charge is -2.23. The highest BCUT2D eigenvalue weighted by Crippen LogP contribution is 2.33. The number of hydrogen-bond donors (Lipinski definition) is 2. The van der Waals surface area contributed by atoms with Crippen LogP contribution in [0.2, 0.25) is 5.15 Å². The maximum atomic E-state index is 11.6. The Hall–Kier alpha value is -3.11. The van der Waals surface area contributed by atoms with Crippen molar-refractivity contribution in [1.82, 2.24) is 15.0 Å². The summed E-state index contributed by atoms with van der Waals surface area (Å²) in [6, 6.07) is 7.47. The number of anilines is 3. The Morgan fingerprint density at radius 1 is 1.22 bits per heavy atom. The Labute approximate surface area is 191 Å². The summed E-state index contributed by atoms with van der Waals surface area (Å²) in [4.78, 5) is 14.8. The molecule has 3 N–H and O–H groups in total. The molecule has 0 atom stereocenters. The number of halogens is 1. The fourth-order valence-electron chi connectivity index (χ4n) is 3.57. The normalized spacial score (nSPS) is 13.8. The van der Waals surface area contributed by atoms with Gasteiger partial charge in [-0.25, -0.2) is 18.4 Å². The van der Waals surface area contributed by atoms with Crippen LogP contribution < -0.4 is 20.1 Å². The van der Waals surface area contributed by atoms with Crippen molar-refractivity contribution >= 4 is 39.1 Å². The Kier molecular flexibility index (Phi) is 6.07. The van der Waals surface area contributed by atoms with E-state index < -0.39 is 10.0 Å². The van der Waals surface area contributed by atoms with E-state index in [0.717, 1.165) is 46.5 Å². The monoisotopic (exact) mass is 474 g/mol. The first-order valence-corrected chi connectivity index (χ1v) is 12.3. The molecule has 11 heteroatoms. The lowest BCUT2D eigenvalue weighted by atomic mass is 10.0. The fourth-order valence-corrected chi connectivity index (χ4v) is 4.33. The van der Waals surface area contributed by atoms with Gasteiger partial charge in [0.2, 0.25) is 16.0 Å². The van der Waals surface area contributed by atoms with Crippen LogP contribution in [0.5, 0.6) is 5.75 Å². The third-order valence-electron chi connectivity index (χ3n) is 5.05. The van der Waals surface area contributed by atoms with Crippen molar-refractivity contribution in [3.05, 3.63) is 52.9 Å². The number of hydrogen-bond acceptors (Lipinski definition) is 8. The van der Waals surface area contributed by atoms with Crippen molar-refractivity contribution in [2.75, 3.05) is 34.8 Å². The predicted molar refractivity (Wildman–Crippen MR) is 126 cm³/mol. The summed E-state index contributed by atoms with van der Waals surface area (Å²) in [7, 11) is -3.49. The van der Waals surface area contributed by atoms with Crippen LogP contribution in [0.3, 0.4) is 0 Å². The number of fused-ring (bicyclic) bond motifs is 1. The second-order valence-corrected chi connectivity index (χ2v) is 9.57. The molecule has 0 amide bonds. The van der Waals surface area contributed by atoms with Gasteiger partial charge in [0.1, 0.15) is 18.2 Å². The van der Waals surface area contributed by atoms with E-state index in [1.807, 2.05) is 18.2 Å². The minimum absolute atomic E-state index is 0.0805. The van der Waals surface area contributed by atoms with Gasteiger partial charge >= 0.3 is 0 Å². The average Bonchev–Trinajstić information content (AvgIpc) is 2.96. The van der Waals surface area contributed by atoms with Gasteiger partial charge in [-0.2, -0.15) is 4.98 Å². The quantitative estimate of drug-likeness (QED) is 0.540. The second-order valence-electron chi connectivity index (χ2n) is 7.46. The Bertz CT molecular complexity index is 1270. The molecule has 0 saturated carbocycles. The highest BCUT2D eigenvalue weighted by Gasteiger charge is 2.20. The average molecular weight is 475 g/mol. The Morgan fingerprint density at radius 3 is 2.78 bits per heavy atom. The zero-order valence-corrected chi connectivity index (χ0v) is 19.2. The largest absolute Gasteiger partial charge is 0.491 e. The molecule has 0 bridgehead atoms. The molecule has 168 valence electrons. The van der Waals surface area contributed by atoms with Crippen LogP contribution in [0.15, 0.2) is 36.7 Å². The molecule has 4 rings (SSSR count). The first kappa shape index (κ1) is 22.1. The van der Waals surface area contributed by atoms with E-state index in [0.29, 0.717) is 19.7 Å². The number of sulfonamides is 1. The third-order valence-corrected chi connectivity index (χ3v) is 5.94. The summed E-state index contributed by atoms with van der Waals surface area (Å²) in [5.41, 5.74) is 9.62. The number of aromatic nitrogens is 3. The van der Waals surface area contributed by atoms with E-state index in [2.05, 4.69) is 31.5 Å². The van der Waals surface area contributed by atoms with Crippen LogP contribution in [0.1, 0.15) is 18.1 Å². The molecule has 1 aliphatic rings. The van der Waals surface area contributed by atoms with Gasteiger partial charge in [0, 0.05) is 35.6 Å². The van der Waals surface area contributed by atoms with Crippen LogP contribution in [0, 0.1) is 0 Å². The topological polar surface area (TPSA) is 123 Å². The van der Waals surface area contributed by atoms with Gasteiger partial charge in [-0.05, 0) is 30.2 Å². The summed E-state index contributed by atoms with van der Waals surface area (Å²) in [6.45, 7) is 3.78. The summed E-state index contributed by atoms with van der Waals surface area (Å²) in [5, 5.41) is 0.0805. The van der Waals surface area contributed by atoms with Crippen molar-refractivity contribution < 1.29 is 13.2 Å². The zero-order valence-electron chi connectivity index (χ0n) is 17.7. The van der Waals surface area contributed by atoms with E-state index in [9.17, 15) is 8.42 Å². The number of nitrogens with two attached hydrogens (primary N) is 1. The van der Waals surface area contributed by atoms with Crippen molar-refractivity contribution in [3.63, 3.8) is 0 Å². The molecule has 0 radical (unpaired) electrons. The number of nitrogen functional groups attached to an aromatic ring is 1. The molecule has 1 aliphatic heterocycles. The molecule has 0 fully saturated rings. The minimum Gasteiger partial charge on any atom is -0.491 e. The number of rotatable bonds is 5. The SMILES string of the molecule is CCc1cnc(N)nc1N1CCOc2ccc(-c3cnc(Cl)c(NS(C)(=O)=O)c3)cc2C1. The number of benzene rings is 1. The molecular formula is C21H23ClN6O3S. The minimum atomic E-state index is -3.49. The first-order valence-electron chi connectivity index (χ1n) is 9.99. The molecule has 32 heavy (non-hydrogen) atoms. The zero-order chi connectivity index (χ0) is 22.9. The predicted octanol–water partition coefficient (Wildman–Crippen LogP) is 3.11. The van der Waals surface area contributed by atoms with E-state index in [-0.39, 0.29) is 16.8 Å². The standard InChI is InChI=1S/C21H23ClN6O3S/c1-3-13-10-25-21(23)26-20(13)28-6-7-31-18-5-4-14(8-16(18)12-28)15-9-17(19(22)24-11-15)27-32(2,29)30/h4-5,8-11,27H,3,6-7,12H2,1-2H3,(H2,23,25,26). The fraction of sp³-hybridized carbons (Fsp3) is 0.286. The van der Waals surface area contributed by atoms with Crippen molar-refractivity contribution in [1.29, 1.82) is 0 Å². The molecular weight excluding hydrogens is 452 g/mol. The summed E-state index contributed by atoms with van der Waals surface area (Å²) in [6.07, 6.45) is 5.21. The van der Waals surface area contributed by atoms with E-state index in [4.69, 9.17) is 22.1 Å². The lowest BCUT2D eigenvalue weighted by Crippen LogP contribution is -2.27. The first-order chi connectivity index (χ1) is 15.2. The molecule has 9 nitrogen and oxygen atoms in total. The Morgan fingerprint density at radius 2 is 2.03 bits per heavy atom. The summed E-state index contributed by atoms with van der Waals surface area (Å²) >= 11 is 6.07. The van der Waals surface area contributed by atoms with Crippen molar-refractivity contribution in [2.24, 2.45) is 0 Å². The molecule has 3 aromatic rings. The molecule has 0 unspecified atom stereocenters. The number of nitrogens with one attached hydrogen (secondary N) is 1. The number of nitrogens with zero attached hydrogens (tertiary/aromatic N) is 4. The smallest absolute Gasteiger partial charge is 0.229 e. The molecule has 3 heterocycles. The summed E-state index contributed by atoms with van der Waals surface area (Å²) in [5.74, 6) is 1.82. The molecule has 1 aromatic carbocycles. The van der Waals surface area contributed by atoms with E-state index in [1.54, 1.807) is 18.5 Å². The van der Waals surface area contributed by atoms with Gasteiger partial charge in [0.15, 0.2) is 5.15 Å². The van der Waals surface area contributed by atoms with Crippen molar-refractivity contribution in [2.45, 2.75) is 19.9 Å². The molecule has 0 aliphatic carbocycles. The van der Waals surface area contributed by atoms with Crippen molar-refractivity contribution in [3.8, 4) is 16.9 Å². The van der Waals surface area contributed by atoms with Crippen LogP contribution in [-0.4, -0.2) is 42.8 Å². The maximum Gasteiger partial charge on any atom is 0.229 e. The number of pyridine rings is 1. The number of aryl methyl sites for hydroxylation is 1. The molecule has 0 spiro atoms. The second kappa shape index (κ2) is 8.79. The lowest BCUT2D eigenvalue weighted by molar-refractivity contribution is 0.331. The van der Waals surface area contributed by atoms with E-state index in [1.165, 1.54) is 0 Å². The van der Waals surface area contributed by atoms with Gasteiger partial charge < -0.3 is 15.4 Å². The molecule has 0 saturated heterocycles. The van der Waals surface area contributed by atoms with Crippen LogP contribution in [0.25, 0.3) is 11.1 Å². The van der Waals surface area contributed by atoms with Gasteiger partial charge in [-0.3, -0.25) is 4.72 Å². The van der Waals surface area contributed by atoms with Gasteiger partial charge in [0.05, 0.1) is 18.5 Å². The Balaban J connectivity index is 1.70. The van der Waals surface area contributed by atoms with Gasteiger partial charge in [-0.1, -0.05) is 24.6 Å². The van der Waals surface area contributed by atoms with Gasteiger partial charge in [0.25, 0.3) is 0 Å². The summed E-state index contributed by atoms with van der Waals surface area (Å²) < 4.78 is 31.6. The molecule has 2 aromatic heterocycles. The third kappa shape index (κ3) is 4.86. The van der Waals surface area contributed by atoms with E-state index >= 15 is 0 Å². The van der Waals surface area contributed by atoms with Crippen LogP contribution in [-0.2, 0) is 23.0 Å². The van der Waals surface area contributed by atoms with Crippen LogP contribution >= 0.6 is 11.6 Å². The number of ether oxygens (including phenoxy) is 1. The highest BCUT2D eigenvalue weighted by atomic mass is 35.5. The van der Waals surface area contributed by atoms with Crippen LogP contribution in [0.4, 0.5) is 17.5 Å². The highest BCUT2D eigenvalue weighted by molar-refractivity contribution is 7.92.